The van der Waals surface area contributed by atoms with Crippen LogP contribution < -0.4 is 10.6 Å². The van der Waals surface area contributed by atoms with Crippen LogP contribution in [-0.2, 0) is 0 Å². The van der Waals surface area contributed by atoms with Crippen LogP contribution in [0.3, 0.4) is 0 Å². The third-order valence-electron chi connectivity index (χ3n) is 4.36. The van der Waals surface area contributed by atoms with E-state index in [1.165, 1.54) is 0 Å². The molecular formula is C17H19N5O. The van der Waals surface area contributed by atoms with Crippen molar-refractivity contribution in [3.63, 3.8) is 0 Å². The van der Waals surface area contributed by atoms with Crippen molar-refractivity contribution < 1.29 is 5.11 Å². The number of hydrogen-bond acceptors (Lipinski definition) is 5. The predicted octanol–water partition coefficient (Wildman–Crippen LogP) is 1.94. The molecule has 4 rings (SSSR count). The molecule has 0 bridgehead atoms. The number of piperidine rings is 1. The van der Waals surface area contributed by atoms with Crippen molar-refractivity contribution >= 4 is 17.2 Å². The van der Waals surface area contributed by atoms with Crippen LogP contribution in [0.2, 0.25) is 0 Å². The van der Waals surface area contributed by atoms with Crippen LogP contribution >= 0.6 is 0 Å². The van der Waals surface area contributed by atoms with Crippen molar-refractivity contribution in [1.29, 1.82) is 0 Å². The van der Waals surface area contributed by atoms with Gasteiger partial charge in [0.25, 0.3) is 0 Å². The van der Waals surface area contributed by atoms with Gasteiger partial charge in [-0.15, -0.1) is 0 Å². The van der Waals surface area contributed by atoms with Crippen LogP contribution in [-0.4, -0.2) is 38.7 Å². The van der Waals surface area contributed by atoms with Gasteiger partial charge in [-0.3, -0.25) is 4.40 Å². The highest BCUT2D eigenvalue weighted by molar-refractivity contribution is 5.72. The van der Waals surface area contributed by atoms with Crippen LogP contribution in [0, 0.1) is 0 Å². The Morgan fingerprint density at radius 3 is 2.78 bits per heavy atom. The molecule has 3 N–H and O–H groups in total. The molecular weight excluding hydrogens is 290 g/mol. The summed E-state index contributed by atoms with van der Waals surface area (Å²) in [5.74, 6) is 0.870. The van der Waals surface area contributed by atoms with Gasteiger partial charge in [0.15, 0.2) is 11.5 Å². The van der Waals surface area contributed by atoms with E-state index in [1.54, 1.807) is 6.20 Å². The lowest BCUT2D eigenvalue weighted by molar-refractivity contribution is 0.145. The smallest absolute Gasteiger partial charge is 0.180 e. The molecule has 1 aliphatic rings. The Morgan fingerprint density at radius 2 is 2.00 bits per heavy atom. The van der Waals surface area contributed by atoms with Crippen molar-refractivity contribution in [2.24, 2.45) is 0 Å². The molecule has 3 aromatic rings. The molecule has 0 amide bonds. The second kappa shape index (κ2) is 5.55. The van der Waals surface area contributed by atoms with Gasteiger partial charge in [-0.2, -0.15) is 0 Å². The molecule has 0 atom stereocenters. The summed E-state index contributed by atoms with van der Waals surface area (Å²) in [6, 6.07) is 7.79. The number of aromatic nitrogens is 3. The topological polar surface area (TPSA) is 79.7 Å². The zero-order valence-corrected chi connectivity index (χ0v) is 12.8. The minimum atomic E-state index is -0.200. The third kappa shape index (κ3) is 2.51. The van der Waals surface area contributed by atoms with Crippen molar-refractivity contribution in [1.82, 2.24) is 14.4 Å². The van der Waals surface area contributed by atoms with Crippen molar-refractivity contribution in [2.45, 2.75) is 18.9 Å². The number of hydrogen-bond donors (Lipinski definition) is 2. The number of aliphatic hydroxyl groups excluding tert-OH is 1. The number of benzene rings is 1. The maximum absolute atomic E-state index is 9.69. The molecule has 3 heterocycles. The zero-order chi connectivity index (χ0) is 15.8. The number of nitrogens with two attached hydrogens (primary N) is 1. The standard InChI is InChI=1S/C17H19N5O/c18-13-3-1-2-12(10-13)15-11-20-17-16(19-6-9-22(15)17)21-7-4-14(23)5-8-21/h1-3,6,9-11,14,23H,4-5,7-8,18H2. The van der Waals surface area contributed by atoms with E-state index < -0.39 is 0 Å². The summed E-state index contributed by atoms with van der Waals surface area (Å²) in [5.41, 5.74) is 9.49. The quantitative estimate of drug-likeness (QED) is 0.707. The number of rotatable bonds is 2. The first-order valence-corrected chi connectivity index (χ1v) is 7.83. The lowest BCUT2D eigenvalue weighted by Crippen LogP contribution is -2.36. The van der Waals surface area contributed by atoms with Gasteiger partial charge in [0, 0.05) is 36.7 Å². The maximum Gasteiger partial charge on any atom is 0.180 e. The summed E-state index contributed by atoms with van der Waals surface area (Å²) in [6.45, 7) is 1.60. The minimum absolute atomic E-state index is 0.200. The maximum atomic E-state index is 9.69. The van der Waals surface area contributed by atoms with Crippen LogP contribution in [0.5, 0.6) is 0 Å². The molecule has 1 aromatic carbocycles. The van der Waals surface area contributed by atoms with Crippen molar-refractivity contribution in [3.8, 4) is 11.3 Å². The Bertz CT molecular complexity index is 836. The highest BCUT2D eigenvalue weighted by Crippen LogP contribution is 2.27. The molecule has 2 aromatic heterocycles. The SMILES string of the molecule is Nc1cccc(-c2cnc3c(N4CCC(O)CC4)nccn23)c1. The van der Waals surface area contributed by atoms with Crippen molar-refractivity contribution in [3.05, 3.63) is 42.9 Å². The molecule has 0 unspecified atom stereocenters. The summed E-state index contributed by atoms with van der Waals surface area (Å²) in [4.78, 5) is 11.3. The molecule has 1 saturated heterocycles. The van der Waals surface area contributed by atoms with Gasteiger partial charge in [0.2, 0.25) is 0 Å². The summed E-state index contributed by atoms with van der Waals surface area (Å²) in [6.07, 6.45) is 6.91. The monoisotopic (exact) mass is 309 g/mol. The second-order valence-corrected chi connectivity index (χ2v) is 5.93. The summed E-state index contributed by atoms with van der Waals surface area (Å²) in [5, 5.41) is 9.69. The Morgan fingerprint density at radius 1 is 1.17 bits per heavy atom. The third-order valence-corrected chi connectivity index (χ3v) is 4.36. The average Bonchev–Trinajstić information content (AvgIpc) is 3.00. The Balaban J connectivity index is 1.78. The van der Waals surface area contributed by atoms with Crippen molar-refractivity contribution in [2.75, 3.05) is 23.7 Å². The van der Waals surface area contributed by atoms with E-state index in [0.717, 1.165) is 54.3 Å². The summed E-state index contributed by atoms with van der Waals surface area (Å²) >= 11 is 0. The second-order valence-electron chi connectivity index (χ2n) is 5.93. The molecule has 0 radical (unpaired) electrons. The van der Waals surface area contributed by atoms with E-state index in [-0.39, 0.29) is 6.10 Å². The fraction of sp³-hybridized carbons (Fsp3) is 0.294. The van der Waals surface area contributed by atoms with E-state index in [9.17, 15) is 5.11 Å². The van der Waals surface area contributed by atoms with Crippen LogP contribution in [0.4, 0.5) is 11.5 Å². The summed E-state index contributed by atoms with van der Waals surface area (Å²) < 4.78 is 2.04. The molecule has 6 nitrogen and oxygen atoms in total. The first kappa shape index (κ1) is 14.0. The lowest BCUT2D eigenvalue weighted by atomic mass is 10.1. The van der Waals surface area contributed by atoms with Gasteiger partial charge in [-0.05, 0) is 25.0 Å². The molecule has 6 heteroatoms. The van der Waals surface area contributed by atoms with E-state index in [1.807, 2.05) is 41.1 Å². The van der Waals surface area contributed by atoms with Gasteiger partial charge in [-0.1, -0.05) is 12.1 Å². The van der Waals surface area contributed by atoms with Gasteiger partial charge >= 0.3 is 0 Å². The highest BCUT2D eigenvalue weighted by Gasteiger charge is 2.21. The van der Waals surface area contributed by atoms with Gasteiger partial charge < -0.3 is 15.7 Å². The molecule has 0 aliphatic carbocycles. The fourth-order valence-electron chi connectivity index (χ4n) is 3.12. The number of anilines is 2. The molecule has 1 aliphatic heterocycles. The van der Waals surface area contributed by atoms with Crippen LogP contribution in [0.15, 0.2) is 42.9 Å². The first-order valence-electron chi connectivity index (χ1n) is 7.83. The lowest BCUT2D eigenvalue weighted by Gasteiger charge is -2.30. The fourth-order valence-corrected chi connectivity index (χ4v) is 3.12. The first-order chi connectivity index (χ1) is 11.2. The molecule has 0 saturated carbocycles. The predicted molar refractivity (Wildman–Crippen MR) is 90.3 cm³/mol. The molecule has 23 heavy (non-hydrogen) atoms. The van der Waals surface area contributed by atoms with Gasteiger partial charge in [0.1, 0.15) is 0 Å². The number of nitrogens with zero attached hydrogens (tertiary/aromatic N) is 4. The number of imidazole rings is 1. The summed E-state index contributed by atoms with van der Waals surface area (Å²) in [7, 11) is 0. The number of aliphatic hydroxyl groups is 1. The highest BCUT2D eigenvalue weighted by atomic mass is 16.3. The molecule has 1 fully saturated rings. The Labute approximate surface area is 134 Å². The van der Waals surface area contributed by atoms with E-state index >= 15 is 0 Å². The van der Waals surface area contributed by atoms with Crippen LogP contribution in [0.25, 0.3) is 16.9 Å². The van der Waals surface area contributed by atoms with E-state index in [4.69, 9.17) is 5.73 Å². The molecule has 118 valence electrons. The number of nitrogen functional groups attached to an aromatic ring is 1. The molecule has 0 spiro atoms. The average molecular weight is 309 g/mol. The zero-order valence-electron chi connectivity index (χ0n) is 12.8. The minimum Gasteiger partial charge on any atom is -0.399 e. The number of fused-ring (bicyclic) bond motifs is 1. The van der Waals surface area contributed by atoms with E-state index in [2.05, 4.69) is 14.9 Å². The van der Waals surface area contributed by atoms with Crippen LogP contribution in [0.1, 0.15) is 12.8 Å². The van der Waals surface area contributed by atoms with Gasteiger partial charge in [0.05, 0.1) is 18.0 Å². The van der Waals surface area contributed by atoms with E-state index in [0.29, 0.717) is 0 Å². The van der Waals surface area contributed by atoms with Gasteiger partial charge in [-0.25, -0.2) is 9.97 Å². The Hall–Kier alpha value is -2.60. The Kier molecular flexibility index (Phi) is 3.38. The normalized spacial score (nSPS) is 16.1. The largest absolute Gasteiger partial charge is 0.399 e.